The largest absolute Gasteiger partial charge is 0.508 e. The van der Waals surface area contributed by atoms with Crippen molar-refractivity contribution in [3.8, 4) is 11.5 Å². The van der Waals surface area contributed by atoms with Crippen LogP contribution in [0.15, 0.2) is 30.4 Å². The number of phenols is 1. The van der Waals surface area contributed by atoms with Gasteiger partial charge in [0.2, 0.25) is 0 Å². The molecule has 1 aliphatic heterocycles. The number of fused-ring (bicyclic) bond motifs is 1. The van der Waals surface area contributed by atoms with Gasteiger partial charge in [0.25, 0.3) is 0 Å². The van der Waals surface area contributed by atoms with E-state index in [1.807, 2.05) is 13.0 Å². The van der Waals surface area contributed by atoms with Gasteiger partial charge in [-0.05, 0) is 24.1 Å². The van der Waals surface area contributed by atoms with E-state index in [4.69, 9.17) is 4.74 Å². The van der Waals surface area contributed by atoms with Crippen LogP contribution in [0.2, 0.25) is 0 Å². The van der Waals surface area contributed by atoms with Gasteiger partial charge in [0, 0.05) is 12.5 Å². The molecule has 0 saturated carbocycles. The van der Waals surface area contributed by atoms with Crippen LogP contribution >= 0.6 is 0 Å². The summed E-state index contributed by atoms with van der Waals surface area (Å²) in [6.45, 7) is 5.81. The highest BCUT2D eigenvalue weighted by atomic mass is 16.5. The molecule has 1 aromatic rings. The van der Waals surface area contributed by atoms with Gasteiger partial charge in [-0.1, -0.05) is 12.6 Å². The molecule has 13 heavy (non-hydrogen) atoms. The quantitative estimate of drug-likeness (QED) is 0.665. The Kier molecular flexibility index (Phi) is 1.76. The van der Waals surface area contributed by atoms with Gasteiger partial charge in [-0.15, -0.1) is 0 Å². The zero-order valence-corrected chi connectivity index (χ0v) is 7.58. The maximum absolute atomic E-state index is 9.22. The number of benzene rings is 1. The lowest BCUT2D eigenvalue weighted by atomic mass is 10.1. The first kappa shape index (κ1) is 8.17. The minimum absolute atomic E-state index is 0.0804. The molecule has 0 aliphatic carbocycles. The molecule has 0 saturated heterocycles. The lowest BCUT2D eigenvalue weighted by Gasteiger charge is -2.08. The van der Waals surface area contributed by atoms with Crippen LogP contribution < -0.4 is 4.74 Å². The fourth-order valence-corrected chi connectivity index (χ4v) is 1.49. The smallest absolute Gasteiger partial charge is 0.127 e. The summed E-state index contributed by atoms with van der Waals surface area (Å²) >= 11 is 0. The van der Waals surface area contributed by atoms with Crippen LogP contribution in [0.1, 0.15) is 12.5 Å². The first-order valence-electron chi connectivity index (χ1n) is 4.31. The van der Waals surface area contributed by atoms with E-state index in [1.165, 1.54) is 0 Å². The number of phenolic OH excluding ortho intramolecular Hbond substituents is 1. The summed E-state index contributed by atoms with van der Waals surface area (Å²) in [5.74, 6) is 1.04. The van der Waals surface area contributed by atoms with Crippen LogP contribution in [-0.2, 0) is 6.42 Å². The highest BCUT2D eigenvalue weighted by Crippen LogP contribution is 2.33. The van der Waals surface area contributed by atoms with Crippen LogP contribution in [-0.4, -0.2) is 11.2 Å². The average molecular weight is 176 g/mol. The van der Waals surface area contributed by atoms with Crippen molar-refractivity contribution >= 4 is 0 Å². The molecule has 2 nitrogen and oxygen atoms in total. The SMILES string of the molecule is C=C(C)[C@@H]1Cc2ccc(O)cc2O1. The average Bonchev–Trinajstić information content (AvgIpc) is 2.46. The van der Waals surface area contributed by atoms with Gasteiger partial charge in [0.1, 0.15) is 17.6 Å². The van der Waals surface area contributed by atoms with Gasteiger partial charge in [0.05, 0.1) is 0 Å². The van der Waals surface area contributed by atoms with Gasteiger partial charge in [-0.25, -0.2) is 0 Å². The van der Waals surface area contributed by atoms with Crippen molar-refractivity contribution in [3.05, 3.63) is 35.9 Å². The van der Waals surface area contributed by atoms with E-state index in [1.54, 1.807) is 12.1 Å². The third-order valence-electron chi connectivity index (χ3n) is 2.27. The molecule has 1 aliphatic rings. The van der Waals surface area contributed by atoms with Crippen LogP contribution in [0.5, 0.6) is 11.5 Å². The molecule has 0 aromatic heterocycles. The third-order valence-corrected chi connectivity index (χ3v) is 2.27. The molecule has 1 heterocycles. The molecular formula is C11H12O2. The number of rotatable bonds is 1. The third kappa shape index (κ3) is 1.39. The van der Waals surface area contributed by atoms with Crippen molar-refractivity contribution in [1.82, 2.24) is 0 Å². The summed E-state index contributed by atoms with van der Waals surface area (Å²) < 4.78 is 5.59. The normalized spacial score (nSPS) is 19.3. The van der Waals surface area contributed by atoms with Gasteiger partial charge in [-0.2, -0.15) is 0 Å². The van der Waals surface area contributed by atoms with Crippen LogP contribution in [0, 0.1) is 0 Å². The molecule has 2 rings (SSSR count). The van der Waals surface area contributed by atoms with Crippen molar-refractivity contribution in [2.24, 2.45) is 0 Å². The van der Waals surface area contributed by atoms with Crippen molar-refractivity contribution < 1.29 is 9.84 Å². The van der Waals surface area contributed by atoms with E-state index < -0.39 is 0 Å². The Morgan fingerprint density at radius 3 is 3.08 bits per heavy atom. The Morgan fingerprint density at radius 2 is 2.38 bits per heavy atom. The summed E-state index contributed by atoms with van der Waals surface area (Å²) in [6.07, 6.45) is 0.946. The van der Waals surface area contributed by atoms with E-state index in [0.717, 1.165) is 23.3 Å². The summed E-state index contributed by atoms with van der Waals surface area (Å²) in [4.78, 5) is 0. The maximum Gasteiger partial charge on any atom is 0.127 e. The number of hydrogen-bond donors (Lipinski definition) is 1. The van der Waals surface area contributed by atoms with Crippen molar-refractivity contribution in [2.45, 2.75) is 19.4 Å². The monoisotopic (exact) mass is 176 g/mol. The Balaban J connectivity index is 2.30. The number of ether oxygens (including phenoxy) is 1. The molecular weight excluding hydrogens is 164 g/mol. The van der Waals surface area contributed by atoms with Gasteiger partial charge in [-0.3, -0.25) is 0 Å². The molecule has 1 N–H and O–H groups in total. The predicted octanol–water partition coefficient (Wildman–Crippen LogP) is 2.27. The molecule has 0 unspecified atom stereocenters. The zero-order valence-electron chi connectivity index (χ0n) is 7.58. The van der Waals surface area contributed by atoms with E-state index in [0.29, 0.717) is 0 Å². The summed E-state index contributed by atoms with van der Waals surface area (Å²) in [7, 11) is 0. The molecule has 0 spiro atoms. The van der Waals surface area contributed by atoms with Gasteiger partial charge in [0.15, 0.2) is 0 Å². The Labute approximate surface area is 77.5 Å². The van der Waals surface area contributed by atoms with Crippen molar-refractivity contribution in [1.29, 1.82) is 0 Å². The van der Waals surface area contributed by atoms with Crippen LogP contribution in [0.4, 0.5) is 0 Å². The minimum Gasteiger partial charge on any atom is -0.508 e. The molecule has 68 valence electrons. The minimum atomic E-state index is 0.0804. The van der Waals surface area contributed by atoms with Crippen LogP contribution in [0.25, 0.3) is 0 Å². The van der Waals surface area contributed by atoms with E-state index >= 15 is 0 Å². The first-order chi connectivity index (χ1) is 6.16. The Morgan fingerprint density at radius 1 is 1.62 bits per heavy atom. The van der Waals surface area contributed by atoms with Crippen molar-refractivity contribution in [3.63, 3.8) is 0 Å². The second-order valence-corrected chi connectivity index (χ2v) is 3.45. The first-order valence-corrected chi connectivity index (χ1v) is 4.31. The molecule has 2 heteroatoms. The Bertz CT molecular complexity index is 355. The highest BCUT2D eigenvalue weighted by molar-refractivity contribution is 5.44. The Hall–Kier alpha value is -1.44. The molecule has 0 radical (unpaired) electrons. The van der Waals surface area contributed by atoms with Gasteiger partial charge >= 0.3 is 0 Å². The highest BCUT2D eigenvalue weighted by Gasteiger charge is 2.23. The topological polar surface area (TPSA) is 29.5 Å². The number of hydrogen-bond acceptors (Lipinski definition) is 2. The molecule has 1 aromatic carbocycles. The second-order valence-electron chi connectivity index (χ2n) is 3.45. The fraction of sp³-hybridized carbons (Fsp3) is 0.273. The summed E-state index contributed by atoms with van der Waals surface area (Å²) in [5.41, 5.74) is 2.17. The second kappa shape index (κ2) is 2.80. The summed E-state index contributed by atoms with van der Waals surface area (Å²) in [5, 5.41) is 9.22. The molecule has 0 amide bonds. The van der Waals surface area contributed by atoms with E-state index in [2.05, 4.69) is 6.58 Å². The lowest BCUT2D eigenvalue weighted by molar-refractivity contribution is 0.270. The maximum atomic E-state index is 9.22. The van der Waals surface area contributed by atoms with E-state index in [-0.39, 0.29) is 11.9 Å². The lowest BCUT2D eigenvalue weighted by Crippen LogP contribution is -2.13. The molecule has 1 atom stereocenters. The predicted molar refractivity (Wildman–Crippen MR) is 51.0 cm³/mol. The fourth-order valence-electron chi connectivity index (χ4n) is 1.49. The van der Waals surface area contributed by atoms with Crippen LogP contribution in [0.3, 0.4) is 0 Å². The standard InChI is InChI=1S/C11H12O2/c1-7(2)10-5-8-3-4-9(12)6-11(8)13-10/h3-4,6,10,12H,1,5H2,2H3/t10-/m0/s1. The zero-order chi connectivity index (χ0) is 9.42. The van der Waals surface area contributed by atoms with E-state index in [9.17, 15) is 5.11 Å². The summed E-state index contributed by atoms with van der Waals surface area (Å²) in [6, 6.07) is 5.23. The van der Waals surface area contributed by atoms with Gasteiger partial charge < -0.3 is 9.84 Å². The molecule has 0 fully saturated rings. The van der Waals surface area contributed by atoms with Crippen molar-refractivity contribution in [2.75, 3.05) is 0 Å². The molecule has 0 bridgehead atoms. The number of aromatic hydroxyl groups is 1.